The third kappa shape index (κ3) is 5.07. The topological polar surface area (TPSA) is 83.1 Å². The summed E-state index contributed by atoms with van der Waals surface area (Å²) in [5.41, 5.74) is -5.50. The van der Waals surface area contributed by atoms with E-state index >= 15 is 0 Å². The van der Waals surface area contributed by atoms with Crippen LogP contribution in [0.4, 0.5) is 40.9 Å². The van der Waals surface area contributed by atoms with E-state index in [1.165, 1.54) is 12.1 Å². The molecule has 1 heterocycles. The first kappa shape index (κ1) is 26.0. The molecule has 0 saturated carbocycles. The number of carbonyl (C=O) groups is 1. The van der Waals surface area contributed by atoms with Gasteiger partial charge in [0.15, 0.2) is 11.5 Å². The van der Waals surface area contributed by atoms with Crippen LogP contribution in [-0.2, 0) is 19.1 Å². The van der Waals surface area contributed by atoms with Gasteiger partial charge in [0.25, 0.3) is 0 Å². The molecule has 7 nitrogen and oxygen atoms in total. The Balaban J connectivity index is 2.51. The molecule has 0 fully saturated rings. The molecule has 0 amide bonds. The zero-order valence-electron chi connectivity index (χ0n) is 16.4. The summed E-state index contributed by atoms with van der Waals surface area (Å²) in [5, 5.41) is 18.8. The summed E-state index contributed by atoms with van der Waals surface area (Å²) in [6, 6.07) is 3.49. The molecular formula is C17H12ClF8N5O2. The van der Waals surface area contributed by atoms with Gasteiger partial charge in [0.1, 0.15) is 5.56 Å². The van der Waals surface area contributed by atoms with Crippen LogP contribution in [0.25, 0.3) is 5.70 Å². The average molecular weight is 506 g/mol. The second-order valence-corrected chi connectivity index (χ2v) is 6.81. The third-order valence-corrected chi connectivity index (χ3v) is 4.42. The Morgan fingerprint density at radius 2 is 1.76 bits per heavy atom. The van der Waals surface area contributed by atoms with E-state index in [0.717, 1.165) is 13.1 Å². The summed E-state index contributed by atoms with van der Waals surface area (Å²) in [4.78, 5) is 11.1. The van der Waals surface area contributed by atoms with Crippen molar-refractivity contribution in [3.8, 4) is 0 Å². The number of hydrogen-bond acceptors (Lipinski definition) is 4. The molecule has 0 aliphatic carbocycles. The number of carboxylic acids is 1. The minimum Gasteiger partial charge on any atom is -0.478 e. The van der Waals surface area contributed by atoms with Crippen molar-refractivity contribution in [2.24, 2.45) is 17.4 Å². The van der Waals surface area contributed by atoms with Gasteiger partial charge in [0.2, 0.25) is 0 Å². The van der Waals surface area contributed by atoms with Gasteiger partial charge in [-0.1, -0.05) is 29.5 Å². The molecule has 1 N–H and O–H groups in total. The summed E-state index contributed by atoms with van der Waals surface area (Å²) in [5.74, 6) is -8.57. The lowest BCUT2D eigenvalue weighted by Crippen LogP contribution is -2.36. The molecule has 0 spiro atoms. The van der Waals surface area contributed by atoms with E-state index in [9.17, 15) is 39.9 Å². The lowest BCUT2D eigenvalue weighted by molar-refractivity contribution is -0.292. The van der Waals surface area contributed by atoms with Crippen molar-refractivity contribution in [3.63, 3.8) is 0 Å². The van der Waals surface area contributed by atoms with Crippen molar-refractivity contribution in [2.75, 3.05) is 12.1 Å². The molecule has 16 heteroatoms. The van der Waals surface area contributed by atoms with E-state index in [4.69, 9.17) is 16.7 Å². The van der Waals surface area contributed by atoms with Crippen molar-refractivity contribution >= 4 is 29.1 Å². The summed E-state index contributed by atoms with van der Waals surface area (Å²) >= 11 is 5.72. The first-order valence-corrected chi connectivity index (χ1v) is 8.74. The standard InChI is InChI=1S/C17H12ClF8N5O2/c1-7(8-4-5-10(18)9(6-8)14(32)33)27-29-31(3)13-11(16(21,22)23)12(28-30(13)2)15(19,20)17(24,25)26/h4-6H,1H2,2-3H3,(H,32,33). The Bertz CT molecular complexity index is 1120. The van der Waals surface area contributed by atoms with Crippen LogP contribution in [0.3, 0.4) is 0 Å². The summed E-state index contributed by atoms with van der Waals surface area (Å²) in [7, 11) is 1.50. The number of aromatic carboxylic acids is 1. The van der Waals surface area contributed by atoms with Crippen molar-refractivity contribution in [1.29, 1.82) is 0 Å². The molecular weight excluding hydrogens is 494 g/mol. The molecule has 33 heavy (non-hydrogen) atoms. The number of aryl methyl sites for hydroxylation is 1. The maximum absolute atomic E-state index is 13.7. The van der Waals surface area contributed by atoms with Crippen molar-refractivity contribution in [1.82, 2.24) is 9.78 Å². The number of anilines is 1. The number of rotatable bonds is 6. The normalized spacial score (nSPS) is 12.9. The fourth-order valence-electron chi connectivity index (χ4n) is 2.59. The Morgan fingerprint density at radius 1 is 1.18 bits per heavy atom. The highest BCUT2D eigenvalue weighted by atomic mass is 35.5. The van der Waals surface area contributed by atoms with Crippen molar-refractivity contribution in [2.45, 2.75) is 18.3 Å². The first-order chi connectivity index (χ1) is 14.9. The quantitative estimate of drug-likeness (QED) is 0.300. The Labute approximate surface area is 184 Å². The zero-order chi connectivity index (χ0) is 25.5. The molecule has 0 unspecified atom stereocenters. The molecule has 2 rings (SSSR count). The first-order valence-electron chi connectivity index (χ1n) is 8.36. The number of halogens is 9. The van der Waals surface area contributed by atoms with Crippen LogP contribution < -0.4 is 5.01 Å². The second kappa shape index (κ2) is 8.61. The molecule has 2 aromatic rings. The molecule has 0 bridgehead atoms. The minimum absolute atomic E-state index is 0.0410. The van der Waals surface area contributed by atoms with E-state index < -0.39 is 41.3 Å². The fraction of sp³-hybridized carbons (Fsp3) is 0.294. The maximum atomic E-state index is 13.7. The fourth-order valence-corrected chi connectivity index (χ4v) is 2.79. The molecule has 0 saturated heterocycles. The summed E-state index contributed by atoms with van der Waals surface area (Å²) in [6.45, 7) is 3.45. The average Bonchev–Trinajstić information content (AvgIpc) is 3.03. The van der Waals surface area contributed by atoms with Crippen LogP contribution in [-0.4, -0.2) is 34.1 Å². The van der Waals surface area contributed by atoms with Gasteiger partial charge in [-0.05, 0) is 12.1 Å². The second-order valence-electron chi connectivity index (χ2n) is 6.40. The molecule has 0 radical (unpaired) electrons. The smallest absolute Gasteiger partial charge is 0.459 e. The van der Waals surface area contributed by atoms with Crippen LogP contribution in [0, 0.1) is 0 Å². The Kier molecular flexibility index (Phi) is 6.79. The Morgan fingerprint density at radius 3 is 2.24 bits per heavy atom. The van der Waals surface area contributed by atoms with Crippen LogP contribution in [0.15, 0.2) is 35.1 Å². The Hall–Kier alpha value is -3.23. The van der Waals surface area contributed by atoms with E-state index in [-0.39, 0.29) is 31.5 Å². The van der Waals surface area contributed by atoms with Crippen LogP contribution >= 0.6 is 11.6 Å². The summed E-state index contributed by atoms with van der Waals surface area (Å²) in [6.07, 6.45) is -12.0. The van der Waals surface area contributed by atoms with Gasteiger partial charge >= 0.3 is 24.2 Å². The van der Waals surface area contributed by atoms with Gasteiger partial charge in [-0.15, -0.1) is 5.11 Å². The van der Waals surface area contributed by atoms with Gasteiger partial charge in [0.05, 0.1) is 16.3 Å². The van der Waals surface area contributed by atoms with Gasteiger partial charge in [-0.25, -0.2) is 9.80 Å². The molecule has 0 aliphatic heterocycles. The maximum Gasteiger partial charge on any atom is 0.459 e. The van der Waals surface area contributed by atoms with Crippen LogP contribution in [0.5, 0.6) is 0 Å². The van der Waals surface area contributed by atoms with E-state index in [1.807, 2.05) is 0 Å². The molecule has 1 aromatic carbocycles. The van der Waals surface area contributed by atoms with Crippen molar-refractivity contribution in [3.05, 3.63) is 52.2 Å². The lowest BCUT2D eigenvalue weighted by Gasteiger charge is -2.20. The lowest BCUT2D eigenvalue weighted by atomic mass is 10.1. The van der Waals surface area contributed by atoms with Gasteiger partial charge in [-0.3, -0.25) is 4.68 Å². The number of benzene rings is 1. The monoisotopic (exact) mass is 505 g/mol. The van der Waals surface area contributed by atoms with E-state index in [2.05, 4.69) is 22.0 Å². The molecule has 180 valence electrons. The predicted molar refractivity (Wildman–Crippen MR) is 98.9 cm³/mol. The highest BCUT2D eigenvalue weighted by Crippen LogP contribution is 2.50. The predicted octanol–water partition coefficient (Wildman–Crippen LogP) is 5.92. The van der Waals surface area contributed by atoms with Gasteiger partial charge < -0.3 is 5.11 Å². The van der Waals surface area contributed by atoms with Crippen molar-refractivity contribution < 1.29 is 45.0 Å². The number of carboxylic acid groups (broad SMARTS) is 1. The van der Waals surface area contributed by atoms with E-state index in [1.54, 1.807) is 0 Å². The minimum atomic E-state index is -6.34. The number of aromatic nitrogens is 2. The summed E-state index contributed by atoms with van der Waals surface area (Å²) < 4.78 is 106. The number of hydrogen-bond donors (Lipinski definition) is 1. The molecule has 0 atom stereocenters. The number of alkyl halides is 8. The highest BCUT2D eigenvalue weighted by molar-refractivity contribution is 6.33. The van der Waals surface area contributed by atoms with Gasteiger partial charge in [0, 0.05) is 19.7 Å². The third-order valence-electron chi connectivity index (χ3n) is 4.09. The zero-order valence-corrected chi connectivity index (χ0v) is 17.2. The van der Waals surface area contributed by atoms with Crippen LogP contribution in [0.2, 0.25) is 5.02 Å². The highest BCUT2D eigenvalue weighted by Gasteiger charge is 2.64. The largest absolute Gasteiger partial charge is 0.478 e. The van der Waals surface area contributed by atoms with Gasteiger partial charge in [-0.2, -0.15) is 40.2 Å². The van der Waals surface area contributed by atoms with Crippen LogP contribution in [0.1, 0.15) is 27.2 Å². The number of nitrogens with zero attached hydrogens (tertiary/aromatic N) is 5. The SMILES string of the molecule is C=C(N=NN(C)c1c(C(F)(F)F)c(C(F)(F)C(F)(F)F)nn1C)c1ccc(Cl)c(C(=O)O)c1. The molecule has 0 aliphatic rings. The molecule has 1 aromatic heterocycles. The van der Waals surface area contributed by atoms with E-state index in [0.29, 0.717) is 7.05 Å².